The Morgan fingerprint density at radius 3 is 2.20 bits per heavy atom. The number of rotatable bonds is 7. The van der Waals surface area contributed by atoms with Crippen LogP contribution in [0.5, 0.6) is 11.5 Å². The van der Waals surface area contributed by atoms with Gasteiger partial charge in [0.1, 0.15) is 12.0 Å². The van der Waals surface area contributed by atoms with E-state index in [1.54, 1.807) is 38.5 Å². The van der Waals surface area contributed by atoms with E-state index in [0.29, 0.717) is 40.5 Å². The molecule has 5 rings (SSSR count). The number of hydrogen-bond acceptors (Lipinski definition) is 8. The Morgan fingerprint density at radius 1 is 0.875 bits per heavy atom. The van der Waals surface area contributed by atoms with Gasteiger partial charge in [0.05, 0.1) is 26.9 Å². The fourth-order valence-electron chi connectivity index (χ4n) is 6.26. The van der Waals surface area contributed by atoms with Crippen LogP contribution in [0, 0.1) is 5.92 Å². The summed E-state index contributed by atoms with van der Waals surface area (Å²) in [6.07, 6.45) is 4.52. The number of methoxy groups -OCH3 is 3. The van der Waals surface area contributed by atoms with Gasteiger partial charge in [0.25, 0.3) is 0 Å². The predicted molar refractivity (Wildman–Crippen MR) is 149 cm³/mol. The molecular weight excluding hydrogens is 510 g/mol. The van der Waals surface area contributed by atoms with Gasteiger partial charge >= 0.3 is 11.9 Å². The fraction of sp³-hybridized carbons (Fsp3) is 0.438. The molecular formula is C32H35NO7. The van der Waals surface area contributed by atoms with E-state index in [1.165, 1.54) is 7.11 Å². The highest BCUT2D eigenvalue weighted by Gasteiger charge is 2.45. The molecule has 0 spiro atoms. The molecule has 40 heavy (non-hydrogen) atoms. The molecule has 0 N–H and O–H groups in total. The Morgan fingerprint density at radius 2 is 1.55 bits per heavy atom. The molecule has 2 aromatic rings. The van der Waals surface area contributed by atoms with Gasteiger partial charge in [0.15, 0.2) is 17.3 Å². The highest BCUT2D eigenvalue weighted by Crippen LogP contribution is 2.47. The smallest absolute Gasteiger partial charge is 0.337 e. The lowest BCUT2D eigenvalue weighted by atomic mass is 9.69. The summed E-state index contributed by atoms with van der Waals surface area (Å²) in [6.45, 7) is 1.84. The molecule has 3 atom stereocenters. The summed E-state index contributed by atoms with van der Waals surface area (Å²) in [7, 11) is 4.51. The molecule has 1 saturated carbocycles. The molecule has 0 bridgehead atoms. The lowest BCUT2D eigenvalue weighted by Crippen LogP contribution is -2.39. The van der Waals surface area contributed by atoms with Gasteiger partial charge in [-0.05, 0) is 80.3 Å². The van der Waals surface area contributed by atoms with Crippen molar-refractivity contribution in [2.45, 2.75) is 63.4 Å². The number of carbonyl (C=O) groups excluding carboxylic acids is 3. The second-order valence-electron chi connectivity index (χ2n) is 10.7. The lowest BCUT2D eigenvalue weighted by Gasteiger charge is -2.37. The number of aliphatic imine (C=N–C) groups is 1. The molecule has 210 valence electrons. The number of ether oxygens (including phenoxy) is 4. The van der Waals surface area contributed by atoms with Crippen LogP contribution in [0.2, 0.25) is 0 Å². The Labute approximate surface area is 234 Å². The van der Waals surface area contributed by atoms with Crippen LogP contribution >= 0.6 is 0 Å². The summed E-state index contributed by atoms with van der Waals surface area (Å²) in [5, 5.41) is 0. The fourth-order valence-corrected chi connectivity index (χ4v) is 6.26. The van der Waals surface area contributed by atoms with Crippen molar-refractivity contribution in [3.8, 4) is 11.5 Å². The Bertz CT molecular complexity index is 1370. The highest BCUT2D eigenvalue weighted by molar-refractivity contribution is 6.09. The maximum Gasteiger partial charge on any atom is 0.337 e. The van der Waals surface area contributed by atoms with Crippen LogP contribution in [-0.4, -0.2) is 50.9 Å². The van der Waals surface area contributed by atoms with Gasteiger partial charge in [0.2, 0.25) is 0 Å². The predicted octanol–water partition coefficient (Wildman–Crippen LogP) is 5.55. The van der Waals surface area contributed by atoms with Gasteiger partial charge in [-0.1, -0.05) is 18.2 Å². The second kappa shape index (κ2) is 11.7. The average molecular weight is 546 g/mol. The first-order valence-corrected chi connectivity index (χ1v) is 13.8. The van der Waals surface area contributed by atoms with Gasteiger partial charge in [0, 0.05) is 29.3 Å². The number of ketones is 1. The molecule has 1 unspecified atom stereocenters. The van der Waals surface area contributed by atoms with E-state index >= 15 is 0 Å². The standard InChI is InChI=1S/C32H35NO7/c1-18-28(32(36)40-23-7-5-6-8-23)29(19-9-11-20(12-10-19)31(35)39-4)30-24(33-18)15-22(16-25(30)34)21-13-14-26(37-2)27(17-21)38-3/h9-14,17,22-23,28-29H,5-8,15-16H2,1-4H3/t22-,28?,29+/m1/s1. The van der Waals surface area contributed by atoms with E-state index < -0.39 is 17.8 Å². The van der Waals surface area contributed by atoms with Crippen molar-refractivity contribution < 1.29 is 33.3 Å². The molecule has 0 aromatic heterocycles. The van der Waals surface area contributed by atoms with Crippen molar-refractivity contribution in [2.75, 3.05) is 21.3 Å². The summed E-state index contributed by atoms with van der Waals surface area (Å²) < 4.78 is 21.7. The van der Waals surface area contributed by atoms with Gasteiger partial charge in [-0.2, -0.15) is 0 Å². The lowest BCUT2D eigenvalue weighted by molar-refractivity contribution is -0.151. The van der Waals surface area contributed by atoms with Crippen molar-refractivity contribution in [3.05, 3.63) is 70.4 Å². The topological polar surface area (TPSA) is 100 Å². The van der Waals surface area contributed by atoms with Crippen LogP contribution in [-0.2, 0) is 19.1 Å². The summed E-state index contributed by atoms with van der Waals surface area (Å²) in [5.41, 5.74) is 4.01. The van der Waals surface area contributed by atoms with E-state index in [2.05, 4.69) is 0 Å². The van der Waals surface area contributed by atoms with Gasteiger partial charge in [-0.25, -0.2) is 4.79 Å². The number of hydrogen-bond donors (Lipinski definition) is 0. The minimum atomic E-state index is -0.718. The Hall–Kier alpha value is -3.94. The summed E-state index contributed by atoms with van der Waals surface area (Å²) in [6, 6.07) is 12.6. The third-order valence-corrected chi connectivity index (χ3v) is 8.30. The number of Topliss-reactive ketones (excluding diaryl/α,β-unsaturated/α-hetero) is 1. The first-order chi connectivity index (χ1) is 19.3. The molecule has 1 aliphatic heterocycles. The van der Waals surface area contributed by atoms with Crippen LogP contribution in [0.3, 0.4) is 0 Å². The van der Waals surface area contributed by atoms with Gasteiger partial charge < -0.3 is 18.9 Å². The van der Waals surface area contributed by atoms with E-state index in [1.807, 2.05) is 25.1 Å². The largest absolute Gasteiger partial charge is 0.493 e. The van der Waals surface area contributed by atoms with Crippen LogP contribution in [0.25, 0.3) is 0 Å². The SMILES string of the molecule is COC(=O)c1ccc([C@@H]2C3=C(C[C@@H](c4ccc(OC)c(OC)c4)CC3=O)N=C(C)C2C(=O)OC2CCCC2)cc1. The molecule has 3 aliphatic rings. The molecule has 8 heteroatoms. The number of carbonyl (C=O) groups is 3. The second-order valence-corrected chi connectivity index (χ2v) is 10.7. The molecule has 0 amide bonds. The normalized spacial score (nSPS) is 22.9. The number of benzene rings is 2. The zero-order valence-electron chi connectivity index (χ0n) is 23.4. The van der Waals surface area contributed by atoms with E-state index in [-0.39, 0.29) is 30.2 Å². The van der Waals surface area contributed by atoms with Crippen molar-refractivity contribution in [1.29, 1.82) is 0 Å². The van der Waals surface area contributed by atoms with Crippen molar-refractivity contribution in [1.82, 2.24) is 0 Å². The molecule has 0 saturated heterocycles. The first-order valence-electron chi connectivity index (χ1n) is 13.8. The zero-order valence-corrected chi connectivity index (χ0v) is 23.4. The molecule has 2 aliphatic carbocycles. The molecule has 8 nitrogen and oxygen atoms in total. The minimum Gasteiger partial charge on any atom is -0.493 e. The van der Waals surface area contributed by atoms with Crippen LogP contribution in [0.15, 0.2) is 58.7 Å². The average Bonchev–Trinajstić information content (AvgIpc) is 3.48. The summed E-state index contributed by atoms with van der Waals surface area (Å²) >= 11 is 0. The minimum absolute atomic E-state index is 0.0435. The van der Waals surface area contributed by atoms with Gasteiger partial charge in [-0.15, -0.1) is 0 Å². The van der Waals surface area contributed by atoms with Crippen molar-refractivity contribution in [2.24, 2.45) is 10.9 Å². The first kappa shape index (κ1) is 27.6. The van der Waals surface area contributed by atoms with Crippen molar-refractivity contribution >= 4 is 23.4 Å². The molecule has 2 aromatic carbocycles. The highest BCUT2D eigenvalue weighted by atomic mass is 16.5. The monoisotopic (exact) mass is 545 g/mol. The molecule has 1 fully saturated rings. The van der Waals surface area contributed by atoms with Gasteiger partial charge in [-0.3, -0.25) is 14.6 Å². The number of nitrogens with zero attached hydrogens (tertiary/aromatic N) is 1. The van der Waals surface area contributed by atoms with Crippen LogP contribution < -0.4 is 9.47 Å². The Balaban J connectivity index is 1.53. The summed E-state index contributed by atoms with van der Waals surface area (Å²) in [4.78, 5) is 44.5. The quantitative estimate of drug-likeness (QED) is 0.421. The van der Waals surface area contributed by atoms with E-state index in [0.717, 1.165) is 36.8 Å². The van der Waals surface area contributed by atoms with E-state index in [9.17, 15) is 14.4 Å². The van der Waals surface area contributed by atoms with Crippen molar-refractivity contribution in [3.63, 3.8) is 0 Å². The van der Waals surface area contributed by atoms with E-state index in [4.69, 9.17) is 23.9 Å². The third kappa shape index (κ3) is 5.27. The third-order valence-electron chi connectivity index (χ3n) is 8.30. The number of allylic oxidation sites excluding steroid dienone is 2. The number of esters is 2. The maximum atomic E-state index is 13.9. The zero-order chi connectivity index (χ0) is 28.4. The van der Waals surface area contributed by atoms with Crippen LogP contribution in [0.4, 0.5) is 0 Å². The summed E-state index contributed by atoms with van der Waals surface area (Å²) in [5.74, 6) is -0.970. The molecule has 1 heterocycles. The maximum absolute atomic E-state index is 13.9. The molecule has 0 radical (unpaired) electrons. The van der Waals surface area contributed by atoms with Crippen LogP contribution in [0.1, 0.15) is 78.8 Å². The Kier molecular flexibility index (Phi) is 8.05.